The second-order valence-corrected chi connectivity index (χ2v) is 8.19. The highest BCUT2D eigenvalue weighted by atomic mass is 16.5. The summed E-state index contributed by atoms with van der Waals surface area (Å²) in [5.74, 6) is 2.19. The topological polar surface area (TPSA) is 86.5 Å². The highest BCUT2D eigenvalue weighted by Crippen LogP contribution is 2.47. The first kappa shape index (κ1) is 19.8. The molecule has 2 fully saturated rings. The highest BCUT2D eigenvalue weighted by Gasteiger charge is 2.46. The fraction of sp³-hybridized carbons (Fsp3) is 0.375. The van der Waals surface area contributed by atoms with E-state index in [-0.39, 0.29) is 23.8 Å². The van der Waals surface area contributed by atoms with Crippen molar-refractivity contribution in [2.24, 2.45) is 5.92 Å². The number of hydrogen-bond acceptors (Lipinski definition) is 6. The van der Waals surface area contributed by atoms with Gasteiger partial charge in [-0.3, -0.25) is 4.79 Å². The Kier molecular flexibility index (Phi) is 5.42. The first-order chi connectivity index (χ1) is 15.2. The molecule has 0 spiro atoms. The van der Waals surface area contributed by atoms with Crippen molar-refractivity contribution in [1.29, 1.82) is 0 Å². The molecule has 2 aromatic heterocycles. The molecule has 3 aromatic rings. The van der Waals surface area contributed by atoms with Crippen LogP contribution >= 0.6 is 0 Å². The van der Waals surface area contributed by atoms with E-state index in [1.807, 2.05) is 30.3 Å². The summed E-state index contributed by atoms with van der Waals surface area (Å²) in [6, 6.07) is 11.8. The van der Waals surface area contributed by atoms with Crippen LogP contribution in [0.5, 0.6) is 5.75 Å². The second kappa shape index (κ2) is 8.51. The minimum absolute atomic E-state index is 0.0394. The Hall–Kier alpha value is -3.19. The van der Waals surface area contributed by atoms with Crippen molar-refractivity contribution in [3.8, 4) is 16.9 Å². The van der Waals surface area contributed by atoms with E-state index in [1.165, 1.54) is 0 Å². The Labute approximate surface area is 180 Å². The third-order valence-electron chi connectivity index (χ3n) is 5.93. The van der Waals surface area contributed by atoms with Crippen molar-refractivity contribution < 1.29 is 18.8 Å². The van der Waals surface area contributed by atoms with Crippen LogP contribution in [0.25, 0.3) is 11.1 Å². The van der Waals surface area contributed by atoms with Crippen molar-refractivity contribution in [3.63, 3.8) is 0 Å². The summed E-state index contributed by atoms with van der Waals surface area (Å²) in [6.07, 6.45) is 6.15. The molecular formula is C24H25N3O4. The number of aromatic nitrogens is 2. The molecule has 31 heavy (non-hydrogen) atoms. The van der Waals surface area contributed by atoms with Gasteiger partial charge in [0.25, 0.3) is 0 Å². The zero-order chi connectivity index (χ0) is 21.2. The number of amides is 1. The molecule has 160 valence electrons. The molecule has 5 rings (SSSR count). The van der Waals surface area contributed by atoms with Gasteiger partial charge in [-0.05, 0) is 54.3 Å². The van der Waals surface area contributed by atoms with Crippen LogP contribution in [0.3, 0.4) is 0 Å². The van der Waals surface area contributed by atoms with Gasteiger partial charge in [-0.1, -0.05) is 11.2 Å². The van der Waals surface area contributed by atoms with E-state index >= 15 is 0 Å². The fourth-order valence-electron chi connectivity index (χ4n) is 4.05. The molecule has 1 aromatic carbocycles. The number of rotatable bonds is 6. The van der Waals surface area contributed by atoms with Crippen LogP contribution in [0, 0.1) is 12.8 Å². The van der Waals surface area contributed by atoms with Crippen molar-refractivity contribution in [3.05, 3.63) is 60.1 Å². The minimum atomic E-state index is -0.0951. The summed E-state index contributed by atoms with van der Waals surface area (Å²) in [5.41, 5.74) is 3.13. The largest absolute Gasteiger partial charge is 0.490 e. The van der Waals surface area contributed by atoms with Crippen LogP contribution in [-0.2, 0) is 9.53 Å². The van der Waals surface area contributed by atoms with Gasteiger partial charge >= 0.3 is 0 Å². The Balaban J connectivity index is 1.25. The zero-order valence-corrected chi connectivity index (χ0v) is 17.4. The smallest absolute Gasteiger partial charge is 0.229 e. The van der Waals surface area contributed by atoms with Crippen LogP contribution in [-0.4, -0.2) is 35.4 Å². The molecule has 1 aliphatic heterocycles. The van der Waals surface area contributed by atoms with Gasteiger partial charge in [-0.25, -0.2) is 4.98 Å². The normalized spacial score (nSPS) is 20.9. The number of carbonyl (C=O) groups is 1. The standard InChI is InChI=1S/C24H25N3O4/c1-15-12-16(2-3-21(15)30-18-6-10-29-11-7-18)17-4-8-25-23(13-17)27-24(28)20-14-19(20)22-5-9-26-31-22/h2-5,8-9,12-13,18-20H,6-7,10-11,14H2,1H3,(H,25,27,28)/t19-,20-/m1/s1. The van der Waals surface area contributed by atoms with Crippen LogP contribution in [0.4, 0.5) is 5.82 Å². The molecule has 1 amide bonds. The molecule has 7 nitrogen and oxygen atoms in total. The molecule has 3 heterocycles. The van der Waals surface area contributed by atoms with E-state index < -0.39 is 0 Å². The quantitative estimate of drug-likeness (QED) is 0.639. The third kappa shape index (κ3) is 4.46. The number of pyridine rings is 1. The first-order valence-corrected chi connectivity index (χ1v) is 10.7. The van der Waals surface area contributed by atoms with Gasteiger partial charge in [0.2, 0.25) is 5.91 Å². The van der Waals surface area contributed by atoms with Gasteiger partial charge in [0.05, 0.1) is 19.4 Å². The molecule has 0 unspecified atom stereocenters. The maximum atomic E-state index is 12.6. The monoisotopic (exact) mass is 419 g/mol. The number of carbonyl (C=O) groups excluding carboxylic acids is 1. The fourth-order valence-corrected chi connectivity index (χ4v) is 4.05. The molecule has 2 aliphatic rings. The predicted octanol–water partition coefficient (Wildman–Crippen LogP) is 4.35. The molecule has 1 N–H and O–H groups in total. The Morgan fingerprint density at radius 3 is 2.71 bits per heavy atom. The van der Waals surface area contributed by atoms with E-state index in [1.54, 1.807) is 12.4 Å². The summed E-state index contributed by atoms with van der Waals surface area (Å²) in [5, 5.41) is 6.66. The van der Waals surface area contributed by atoms with Crippen molar-refractivity contribution in [2.75, 3.05) is 18.5 Å². The average molecular weight is 419 g/mol. The van der Waals surface area contributed by atoms with Gasteiger partial charge in [0, 0.05) is 36.9 Å². The number of anilines is 1. The van der Waals surface area contributed by atoms with E-state index in [0.717, 1.165) is 60.7 Å². The minimum Gasteiger partial charge on any atom is -0.490 e. The third-order valence-corrected chi connectivity index (χ3v) is 5.93. The van der Waals surface area contributed by atoms with Crippen LogP contribution < -0.4 is 10.1 Å². The summed E-state index contributed by atoms with van der Waals surface area (Å²) < 4.78 is 16.7. The predicted molar refractivity (Wildman–Crippen MR) is 115 cm³/mol. The number of benzene rings is 1. The molecular weight excluding hydrogens is 394 g/mol. The first-order valence-electron chi connectivity index (χ1n) is 10.7. The van der Waals surface area contributed by atoms with Gasteiger partial charge in [0.1, 0.15) is 23.4 Å². The SMILES string of the molecule is Cc1cc(-c2ccnc(NC(=O)[C@@H]3C[C@H]3c3ccno3)c2)ccc1OC1CCOCC1. The number of nitrogens with zero attached hydrogens (tertiary/aromatic N) is 2. The maximum absolute atomic E-state index is 12.6. The average Bonchev–Trinajstić information content (AvgIpc) is 3.41. The Morgan fingerprint density at radius 1 is 1.10 bits per heavy atom. The lowest BCUT2D eigenvalue weighted by atomic mass is 10.0. The van der Waals surface area contributed by atoms with E-state index in [4.69, 9.17) is 14.0 Å². The molecule has 0 bridgehead atoms. The summed E-state index contributed by atoms with van der Waals surface area (Å²) >= 11 is 0. The lowest BCUT2D eigenvalue weighted by molar-refractivity contribution is -0.117. The molecule has 1 aliphatic carbocycles. The number of nitrogens with one attached hydrogen (secondary N) is 1. The molecule has 2 atom stereocenters. The van der Waals surface area contributed by atoms with Crippen molar-refractivity contribution >= 4 is 11.7 Å². The van der Waals surface area contributed by atoms with E-state index in [9.17, 15) is 4.79 Å². The van der Waals surface area contributed by atoms with Crippen molar-refractivity contribution in [2.45, 2.75) is 38.2 Å². The number of aryl methyl sites for hydroxylation is 1. The van der Waals surface area contributed by atoms with Gasteiger partial charge < -0.3 is 19.3 Å². The van der Waals surface area contributed by atoms with Crippen LogP contribution in [0.2, 0.25) is 0 Å². The molecule has 1 saturated carbocycles. The molecule has 7 heteroatoms. The van der Waals surface area contributed by atoms with Gasteiger partial charge in [-0.15, -0.1) is 0 Å². The second-order valence-electron chi connectivity index (χ2n) is 8.19. The lowest BCUT2D eigenvalue weighted by Gasteiger charge is -2.24. The summed E-state index contributed by atoms with van der Waals surface area (Å²) in [7, 11) is 0. The van der Waals surface area contributed by atoms with Crippen molar-refractivity contribution in [1.82, 2.24) is 10.1 Å². The van der Waals surface area contributed by atoms with Gasteiger partial charge in [-0.2, -0.15) is 0 Å². The Bertz CT molecular complexity index is 1060. The van der Waals surface area contributed by atoms with E-state index in [2.05, 4.69) is 28.4 Å². The van der Waals surface area contributed by atoms with Crippen LogP contribution in [0.1, 0.15) is 36.5 Å². The zero-order valence-electron chi connectivity index (χ0n) is 17.4. The van der Waals surface area contributed by atoms with Gasteiger partial charge in [0.15, 0.2) is 0 Å². The Morgan fingerprint density at radius 2 is 1.94 bits per heavy atom. The van der Waals surface area contributed by atoms with Crippen LogP contribution in [0.15, 0.2) is 53.3 Å². The molecule has 1 saturated heterocycles. The number of ether oxygens (including phenoxy) is 2. The maximum Gasteiger partial charge on any atom is 0.229 e. The number of hydrogen-bond donors (Lipinski definition) is 1. The summed E-state index contributed by atoms with van der Waals surface area (Å²) in [6.45, 7) is 3.57. The highest BCUT2D eigenvalue weighted by molar-refractivity contribution is 5.94. The van der Waals surface area contributed by atoms with E-state index in [0.29, 0.717) is 5.82 Å². The lowest BCUT2D eigenvalue weighted by Crippen LogP contribution is -2.26. The molecule has 0 radical (unpaired) electrons. The summed E-state index contributed by atoms with van der Waals surface area (Å²) in [4.78, 5) is 16.9.